The maximum atomic E-state index is 12.6. The van der Waals surface area contributed by atoms with E-state index < -0.39 is 47.7 Å². The summed E-state index contributed by atoms with van der Waals surface area (Å²) < 4.78 is 79.4. The third-order valence-electron chi connectivity index (χ3n) is 1.34. The van der Waals surface area contributed by atoms with Crippen molar-refractivity contribution in [2.75, 3.05) is 0 Å². The zero-order valence-electron chi connectivity index (χ0n) is 6.15. The van der Waals surface area contributed by atoms with E-state index in [1.165, 1.54) is 0 Å². The molecular weight excluding hydrogens is 278 g/mol. The molecule has 0 bridgehead atoms. The molecular formula is C6HF5O2Se. The van der Waals surface area contributed by atoms with E-state index in [1.807, 2.05) is 0 Å². The van der Waals surface area contributed by atoms with Crippen LogP contribution in [0.15, 0.2) is 0 Å². The first kappa shape index (κ1) is 11.2. The Labute approximate surface area is 78.4 Å². The summed E-state index contributed by atoms with van der Waals surface area (Å²) >= 11 is -4.20. The summed E-state index contributed by atoms with van der Waals surface area (Å²) in [6.45, 7) is 0. The molecule has 78 valence electrons. The molecule has 1 unspecified atom stereocenters. The molecule has 1 aromatic rings. The molecule has 8 heteroatoms. The second-order valence-corrected chi connectivity index (χ2v) is 4.05. The average molecular weight is 279 g/mol. The van der Waals surface area contributed by atoms with Gasteiger partial charge < -0.3 is 0 Å². The summed E-state index contributed by atoms with van der Waals surface area (Å²) in [6, 6.07) is 0. The molecule has 14 heavy (non-hydrogen) atoms. The molecule has 0 saturated heterocycles. The van der Waals surface area contributed by atoms with Gasteiger partial charge in [0.05, 0.1) is 0 Å². The predicted octanol–water partition coefficient (Wildman–Crippen LogP) is 0.500. The van der Waals surface area contributed by atoms with E-state index in [1.54, 1.807) is 0 Å². The van der Waals surface area contributed by atoms with Crippen molar-refractivity contribution in [3.8, 4) is 0 Å². The Hall–Kier alpha value is -0.851. The fourth-order valence-electron chi connectivity index (χ4n) is 0.738. The van der Waals surface area contributed by atoms with E-state index >= 15 is 0 Å². The summed E-state index contributed by atoms with van der Waals surface area (Å²) in [5.74, 6) is -11.3. The topological polar surface area (TPSA) is 37.3 Å². The monoisotopic (exact) mass is 280 g/mol. The molecule has 0 fully saturated rings. The molecule has 0 aromatic heterocycles. The van der Waals surface area contributed by atoms with Gasteiger partial charge in [0.25, 0.3) is 0 Å². The minimum absolute atomic E-state index is 1.65. The Morgan fingerprint density at radius 1 is 0.786 bits per heavy atom. The number of benzene rings is 1. The van der Waals surface area contributed by atoms with Crippen LogP contribution in [0.1, 0.15) is 0 Å². The Kier molecular flexibility index (Phi) is 2.98. The third kappa shape index (κ3) is 1.56. The maximum absolute atomic E-state index is 12.6. The molecule has 0 aliphatic carbocycles. The van der Waals surface area contributed by atoms with Crippen LogP contribution in [-0.2, 0) is 3.83 Å². The Morgan fingerprint density at radius 2 is 1.07 bits per heavy atom. The Balaban J connectivity index is 3.68. The van der Waals surface area contributed by atoms with Crippen LogP contribution in [0, 0.1) is 29.1 Å². The van der Waals surface area contributed by atoms with E-state index in [0.29, 0.717) is 0 Å². The summed E-state index contributed by atoms with van der Waals surface area (Å²) in [4.78, 5) is 0. The molecule has 1 rings (SSSR count). The van der Waals surface area contributed by atoms with Gasteiger partial charge in [0.1, 0.15) is 0 Å². The fourth-order valence-corrected chi connectivity index (χ4v) is 1.76. The van der Waals surface area contributed by atoms with Crippen molar-refractivity contribution in [1.82, 2.24) is 0 Å². The van der Waals surface area contributed by atoms with Gasteiger partial charge >= 0.3 is 77.7 Å². The van der Waals surface area contributed by atoms with Crippen LogP contribution in [0.3, 0.4) is 0 Å². The number of hydrogen-bond donors (Lipinski definition) is 1. The standard InChI is InChI=1S/C6HF5O2Se/c7-1-2(8)4(10)6(14(12)13)5(11)3(1)9/h(H,12,13). The van der Waals surface area contributed by atoms with Crippen LogP contribution in [0.2, 0.25) is 0 Å². The molecule has 0 spiro atoms. The first-order valence-corrected chi connectivity index (χ1v) is 5.32. The van der Waals surface area contributed by atoms with Crippen molar-refractivity contribution in [2.24, 2.45) is 0 Å². The Bertz CT molecular complexity index is 390. The van der Waals surface area contributed by atoms with Gasteiger partial charge in [0.2, 0.25) is 0 Å². The molecule has 0 radical (unpaired) electrons. The third-order valence-corrected chi connectivity index (χ3v) is 2.83. The van der Waals surface area contributed by atoms with Crippen molar-refractivity contribution in [3.63, 3.8) is 0 Å². The van der Waals surface area contributed by atoms with Crippen molar-refractivity contribution in [3.05, 3.63) is 29.1 Å². The van der Waals surface area contributed by atoms with Gasteiger partial charge in [-0.25, -0.2) is 0 Å². The second kappa shape index (κ2) is 3.72. The molecule has 0 heterocycles. The van der Waals surface area contributed by atoms with Crippen LogP contribution in [0.5, 0.6) is 0 Å². The normalized spacial score (nSPS) is 13.0. The molecule has 1 aromatic carbocycles. The minimum atomic E-state index is -4.20. The molecule has 0 aliphatic rings. The summed E-state index contributed by atoms with van der Waals surface area (Å²) in [7, 11) is 0. The number of halogens is 5. The number of rotatable bonds is 1. The Morgan fingerprint density at radius 3 is 1.36 bits per heavy atom. The van der Waals surface area contributed by atoms with E-state index in [4.69, 9.17) is 4.19 Å². The van der Waals surface area contributed by atoms with E-state index in [0.717, 1.165) is 0 Å². The van der Waals surface area contributed by atoms with Crippen LogP contribution in [0.25, 0.3) is 0 Å². The van der Waals surface area contributed by atoms with Crippen molar-refractivity contribution < 1.29 is 30.0 Å². The van der Waals surface area contributed by atoms with Crippen LogP contribution >= 0.6 is 0 Å². The van der Waals surface area contributed by atoms with Crippen molar-refractivity contribution in [2.45, 2.75) is 0 Å². The van der Waals surface area contributed by atoms with Crippen LogP contribution in [0.4, 0.5) is 22.0 Å². The van der Waals surface area contributed by atoms with Crippen molar-refractivity contribution >= 4 is 18.6 Å². The molecule has 0 saturated carbocycles. The molecule has 0 amide bonds. The SMILES string of the molecule is O=[Se](O)c1c(F)c(F)c(F)c(F)c1F. The fraction of sp³-hybridized carbons (Fsp3) is 0. The van der Waals surface area contributed by atoms with Crippen LogP contribution < -0.4 is 4.46 Å². The zero-order valence-corrected chi connectivity index (χ0v) is 7.87. The van der Waals surface area contributed by atoms with Gasteiger partial charge in [-0.2, -0.15) is 0 Å². The molecule has 1 atom stereocenters. The zero-order chi connectivity index (χ0) is 11.0. The predicted molar refractivity (Wildman–Crippen MR) is 34.5 cm³/mol. The molecule has 0 aliphatic heterocycles. The van der Waals surface area contributed by atoms with Gasteiger partial charge in [0.15, 0.2) is 0 Å². The summed E-state index contributed by atoms with van der Waals surface area (Å²) in [6.07, 6.45) is 0. The second-order valence-electron chi connectivity index (χ2n) is 2.15. The van der Waals surface area contributed by atoms with Gasteiger partial charge in [0, 0.05) is 0 Å². The quantitative estimate of drug-likeness (QED) is 0.352. The summed E-state index contributed by atoms with van der Waals surface area (Å²) in [5.41, 5.74) is 0. The first-order chi connectivity index (χ1) is 6.37. The van der Waals surface area contributed by atoms with E-state index in [-0.39, 0.29) is 0 Å². The van der Waals surface area contributed by atoms with Crippen molar-refractivity contribution in [1.29, 1.82) is 0 Å². The summed E-state index contributed by atoms with van der Waals surface area (Å²) in [5, 5.41) is 0. The van der Waals surface area contributed by atoms with Gasteiger partial charge in [-0.1, -0.05) is 0 Å². The number of hydrogen-bond acceptors (Lipinski definition) is 1. The van der Waals surface area contributed by atoms with Crippen LogP contribution in [-0.4, -0.2) is 18.4 Å². The first-order valence-electron chi connectivity index (χ1n) is 3.00. The van der Waals surface area contributed by atoms with E-state index in [9.17, 15) is 25.8 Å². The van der Waals surface area contributed by atoms with Gasteiger partial charge in [-0.05, 0) is 0 Å². The molecule has 2 nitrogen and oxygen atoms in total. The van der Waals surface area contributed by atoms with Gasteiger partial charge in [-0.3, -0.25) is 0 Å². The van der Waals surface area contributed by atoms with E-state index in [2.05, 4.69) is 0 Å². The molecule has 1 N–H and O–H groups in total. The average Bonchev–Trinajstić information content (AvgIpc) is 2.11. The van der Waals surface area contributed by atoms with Gasteiger partial charge in [-0.15, -0.1) is 0 Å².